The lowest BCUT2D eigenvalue weighted by molar-refractivity contribution is 0.318. The van der Waals surface area contributed by atoms with E-state index in [1.807, 2.05) is 0 Å². The van der Waals surface area contributed by atoms with Crippen molar-refractivity contribution in [2.45, 2.75) is 43.0 Å². The van der Waals surface area contributed by atoms with Crippen LogP contribution in [-0.2, 0) is 10.8 Å². The molecule has 2 atom stereocenters. The maximum Gasteiger partial charge on any atom is 0.160 e. The zero-order chi connectivity index (χ0) is 13.8. The van der Waals surface area contributed by atoms with Crippen molar-refractivity contribution in [2.75, 3.05) is 5.75 Å². The van der Waals surface area contributed by atoms with E-state index >= 15 is 0 Å². The van der Waals surface area contributed by atoms with E-state index in [1.54, 1.807) is 0 Å². The summed E-state index contributed by atoms with van der Waals surface area (Å²) in [6, 6.07) is 3.24. The summed E-state index contributed by atoms with van der Waals surface area (Å²) in [7, 11) is -1.37. The van der Waals surface area contributed by atoms with Crippen LogP contribution in [0.2, 0.25) is 0 Å². The van der Waals surface area contributed by atoms with Gasteiger partial charge >= 0.3 is 0 Å². The lowest BCUT2D eigenvalue weighted by Gasteiger charge is -2.27. The molecular formula is C14H19F2NOS. The molecule has 2 nitrogen and oxygen atoms in total. The molecule has 1 saturated carbocycles. The molecule has 106 valence electrons. The third-order valence-electron chi connectivity index (χ3n) is 3.75. The van der Waals surface area contributed by atoms with Crippen LogP contribution < -0.4 is 5.73 Å². The SMILES string of the molecule is NC(CS(=O)c1ccc(F)c(F)c1)C1CCCCC1. The van der Waals surface area contributed by atoms with E-state index in [0.29, 0.717) is 16.6 Å². The minimum absolute atomic E-state index is 0.130. The van der Waals surface area contributed by atoms with E-state index < -0.39 is 22.4 Å². The maximum absolute atomic E-state index is 13.1. The van der Waals surface area contributed by atoms with Crippen LogP contribution >= 0.6 is 0 Å². The van der Waals surface area contributed by atoms with Gasteiger partial charge in [0.2, 0.25) is 0 Å². The topological polar surface area (TPSA) is 43.1 Å². The lowest BCUT2D eigenvalue weighted by atomic mass is 9.85. The van der Waals surface area contributed by atoms with E-state index in [2.05, 4.69) is 0 Å². The second kappa shape index (κ2) is 6.57. The van der Waals surface area contributed by atoms with Gasteiger partial charge in [0, 0.05) is 16.7 Å². The van der Waals surface area contributed by atoms with Crippen molar-refractivity contribution in [2.24, 2.45) is 11.7 Å². The molecule has 1 aliphatic carbocycles. The van der Waals surface area contributed by atoms with Crippen molar-refractivity contribution in [1.29, 1.82) is 0 Å². The van der Waals surface area contributed by atoms with Gasteiger partial charge in [-0.2, -0.15) is 0 Å². The molecule has 0 aromatic heterocycles. The summed E-state index contributed by atoms with van der Waals surface area (Å²) in [5.41, 5.74) is 6.09. The Morgan fingerprint density at radius 1 is 1.21 bits per heavy atom. The fourth-order valence-electron chi connectivity index (χ4n) is 2.59. The van der Waals surface area contributed by atoms with Crippen LogP contribution in [0.1, 0.15) is 32.1 Å². The van der Waals surface area contributed by atoms with Crippen LogP contribution in [0.25, 0.3) is 0 Å². The smallest absolute Gasteiger partial charge is 0.160 e. The Morgan fingerprint density at radius 3 is 2.53 bits per heavy atom. The summed E-state index contributed by atoms with van der Waals surface area (Å²) < 4.78 is 38.0. The molecule has 0 radical (unpaired) electrons. The fraction of sp³-hybridized carbons (Fsp3) is 0.571. The van der Waals surface area contributed by atoms with Gasteiger partial charge in [-0.05, 0) is 37.0 Å². The van der Waals surface area contributed by atoms with E-state index in [-0.39, 0.29) is 6.04 Å². The molecule has 1 aromatic carbocycles. The molecule has 5 heteroatoms. The largest absolute Gasteiger partial charge is 0.327 e. The van der Waals surface area contributed by atoms with Crippen LogP contribution in [0.3, 0.4) is 0 Å². The van der Waals surface area contributed by atoms with Crippen LogP contribution in [0.4, 0.5) is 8.78 Å². The van der Waals surface area contributed by atoms with E-state index in [1.165, 1.54) is 25.3 Å². The van der Waals surface area contributed by atoms with Crippen molar-refractivity contribution < 1.29 is 13.0 Å². The molecule has 0 bridgehead atoms. The molecule has 1 aliphatic rings. The second-order valence-corrected chi connectivity index (χ2v) is 6.65. The lowest BCUT2D eigenvalue weighted by Crippen LogP contribution is -2.36. The Bertz CT molecular complexity index is 461. The minimum Gasteiger partial charge on any atom is -0.327 e. The molecule has 1 fully saturated rings. The first-order valence-electron chi connectivity index (χ1n) is 6.67. The highest BCUT2D eigenvalue weighted by Gasteiger charge is 2.22. The Labute approximate surface area is 114 Å². The Balaban J connectivity index is 1.97. The van der Waals surface area contributed by atoms with Crippen molar-refractivity contribution in [3.63, 3.8) is 0 Å². The number of nitrogens with two attached hydrogens (primary N) is 1. The average Bonchev–Trinajstić information content (AvgIpc) is 2.42. The predicted octanol–water partition coefficient (Wildman–Crippen LogP) is 2.98. The Morgan fingerprint density at radius 2 is 1.89 bits per heavy atom. The molecule has 2 N–H and O–H groups in total. The summed E-state index contributed by atoms with van der Waals surface area (Å²) in [5, 5.41) is 0. The number of halogens is 2. The monoisotopic (exact) mass is 287 g/mol. The number of benzene rings is 1. The van der Waals surface area contributed by atoms with Crippen molar-refractivity contribution in [3.8, 4) is 0 Å². The molecular weight excluding hydrogens is 268 g/mol. The second-order valence-electron chi connectivity index (χ2n) is 5.15. The highest BCUT2D eigenvalue weighted by atomic mass is 32.2. The molecule has 0 spiro atoms. The molecule has 0 saturated heterocycles. The molecule has 0 heterocycles. The van der Waals surface area contributed by atoms with Gasteiger partial charge in [0.25, 0.3) is 0 Å². The number of hydrogen-bond acceptors (Lipinski definition) is 2. The molecule has 1 aromatic rings. The van der Waals surface area contributed by atoms with Crippen molar-refractivity contribution in [1.82, 2.24) is 0 Å². The van der Waals surface area contributed by atoms with Gasteiger partial charge < -0.3 is 5.73 Å². The minimum atomic E-state index is -1.37. The summed E-state index contributed by atoms with van der Waals surface area (Å²) in [4.78, 5) is 0.310. The first-order valence-corrected chi connectivity index (χ1v) is 7.99. The van der Waals surface area contributed by atoms with Gasteiger partial charge in [0.15, 0.2) is 11.6 Å². The summed E-state index contributed by atoms with van der Waals surface area (Å²) in [6.45, 7) is 0. The van der Waals surface area contributed by atoms with Gasteiger partial charge in [-0.1, -0.05) is 19.3 Å². The van der Waals surface area contributed by atoms with Crippen molar-refractivity contribution in [3.05, 3.63) is 29.8 Å². The molecule has 2 unspecified atom stereocenters. The van der Waals surface area contributed by atoms with Gasteiger partial charge in [0.05, 0.1) is 10.8 Å². The maximum atomic E-state index is 13.1. The molecule has 0 amide bonds. The zero-order valence-corrected chi connectivity index (χ0v) is 11.6. The number of rotatable bonds is 4. The summed E-state index contributed by atoms with van der Waals surface area (Å²) in [6.07, 6.45) is 5.76. The van der Waals surface area contributed by atoms with E-state index in [0.717, 1.165) is 25.0 Å². The highest BCUT2D eigenvalue weighted by molar-refractivity contribution is 7.85. The first-order chi connectivity index (χ1) is 9.08. The van der Waals surface area contributed by atoms with Gasteiger partial charge in [0.1, 0.15) is 0 Å². The normalized spacial score (nSPS) is 20.2. The zero-order valence-electron chi connectivity index (χ0n) is 10.8. The quantitative estimate of drug-likeness (QED) is 0.925. The fourth-order valence-corrected chi connectivity index (χ4v) is 3.86. The molecule has 0 aliphatic heterocycles. The average molecular weight is 287 g/mol. The van der Waals surface area contributed by atoms with Crippen LogP contribution in [-0.4, -0.2) is 16.0 Å². The highest BCUT2D eigenvalue weighted by Crippen LogP contribution is 2.26. The van der Waals surface area contributed by atoms with Crippen LogP contribution in [0.15, 0.2) is 23.1 Å². The first kappa shape index (κ1) is 14.6. The van der Waals surface area contributed by atoms with Crippen LogP contribution in [0.5, 0.6) is 0 Å². The van der Waals surface area contributed by atoms with Gasteiger partial charge in [-0.15, -0.1) is 0 Å². The summed E-state index contributed by atoms with van der Waals surface area (Å²) >= 11 is 0. The Hall–Kier alpha value is -0.810. The third-order valence-corrected chi connectivity index (χ3v) is 5.22. The number of hydrogen-bond donors (Lipinski definition) is 1. The summed E-state index contributed by atoms with van der Waals surface area (Å²) in [5.74, 6) is -1.16. The van der Waals surface area contributed by atoms with Crippen molar-refractivity contribution >= 4 is 10.8 Å². The van der Waals surface area contributed by atoms with E-state index in [4.69, 9.17) is 5.73 Å². The van der Waals surface area contributed by atoms with E-state index in [9.17, 15) is 13.0 Å². The predicted molar refractivity (Wildman–Crippen MR) is 72.2 cm³/mol. The standard InChI is InChI=1S/C14H19F2NOS/c15-12-7-6-11(8-13(12)16)19(18)9-14(17)10-4-2-1-3-5-10/h6-8,10,14H,1-5,9,17H2. The van der Waals surface area contributed by atoms with Gasteiger partial charge in [-0.3, -0.25) is 4.21 Å². The molecule has 2 rings (SSSR count). The Kier molecular flexibility index (Phi) is 5.05. The van der Waals surface area contributed by atoms with Gasteiger partial charge in [-0.25, -0.2) is 8.78 Å². The molecule has 19 heavy (non-hydrogen) atoms. The van der Waals surface area contributed by atoms with Crippen LogP contribution in [0, 0.1) is 17.6 Å². The third kappa shape index (κ3) is 3.83.